The molecule has 0 amide bonds. The van der Waals surface area contributed by atoms with Crippen LogP contribution in [0.4, 0.5) is 0 Å². The van der Waals surface area contributed by atoms with Crippen LogP contribution in [0.1, 0.15) is 45.6 Å². The molecule has 3 rings (SSSR count). The minimum Gasteiger partial charge on any atom is -0.376 e. The van der Waals surface area contributed by atoms with Crippen LogP contribution in [-0.4, -0.2) is 27.7 Å². The summed E-state index contributed by atoms with van der Waals surface area (Å²) in [6.07, 6.45) is 5.78. The maximum absolute atomic E-state index is 5.76. The van der Waals surface area contributed by atoms with Gasteiger partial charge in [0.1, 0.15) is 5.69 Å². The van der Waals surface area contributed by atoms with Crippen molar-refractivity contribution in [3.8, 4) is 23.1 Å². The highest BCUT2D eigenvalue weighted by Gasteiger charge is 2.15. The SMILES string of the molecule is CC(C)(C)C#Cc1ccc(-c2cn(CC3CCCCO3)nn2)cc1. The van der Waals surface area contributed by atoms with Crippen LogP contribution in [0.15, 0.2) is 30.5 Å². The third-order valence-electron chi connectivity index (χ3n) is 3.97. The van der Waals surface area contributed by atoms with Gasteiger partial charge in [-0.25, -0.2) is 4.68 Å². The molecule has 1 saturated heterocycles. The van der Waals surface area contributed by atoms with Crippen molar-refractivity contribution in [3.05, 3.63) is 36.0 Å². The Morgan fingerprint density at radius 2 is 2.00 bits per heavy atom. The summed E-state index contributed by atoms with van der Waals surface area (Å²) in [5.74, 6) is 6.47. The molecule has 0 aliphatic carbocycles. The molecule has 0 radical (unpaired) electrons. The van der Waals surface area contributed by atoms with Gasteiger partial charge >= 0.3 is 0 Å². The van der Waals surface area contributed by atoms with Crippen LogP contribution < -0.4 is 0 Å². The van der Waals surface area contributed by atoms with Crippen molar-refractivity contribution in [2.45, 2.75) is 52.7 Å². The van der Waals surface area contributed by atoms with E-state index in [1.165, 1.54) is 12.8 Å². The Morgan fingerprint density at radius 3 is 2.67 bits per heavy atom. The summed E-state index contributed by atoms with van der Waals surface area (Å²) in [5, 5.41) is 8.52. The fourth-order valence-electron chi connectivity index (χ4n) is 2.66. The average Bonchev–Trinajstić information content (AvgIpc) is 3.02. The van der Waals surface area contributed by atoms with Gasteiger partial charge in [0.25, 0.3) is 0 Å². The molecule has 126 valence electrons. The molecule has 4 heteroatoms. The molecule has 1 fully saturated rings. The minimum atomic E-state index is 0.0164. The summed E-state index contributed by atoms with van der Waals surface area (Å²) in [5.41, 5.74) is 2.99. The van der Waals surface area contributed by atoms with Gasteiger partial charge in [0.15, 0.2) is 0 Å². The molecule has 2 heterocycles. The molecular formula is C20H25N3O. The lowest BCUT2D eigenvalue weighted by atomic mass is 9.97. The Morgan fingerprint density at radius 1 is 1.21 bits per heavy atom. The van der Waals surface area contributed by atoms with Crippen LogP contribution in [0.25, 0.3) is 11.3 Å². The number of ether oxygens (including phenoxy) is 1. The third-order valence-corrected chi connectivity index (χ3v) is 3.97. The van der Waals surface area contributed by atoms with Crippen LogP contribution in [0.5, 0.6) is 0 Å². The van der Waals surface area contributed by atoms with Crippen LogP contribution in [0, 0.1) is 17.3 Å². The van der Waals surface area contributed by atoms with Crippen molar-refractivity contribution >= 4 is 0 Å². The number of hydrogen-bond donors (Lipinski definition) is 0. The lowest BCUT2D eigenvalue weighted by Crippen LogP contribution is -2.24. The number of aromatic nitrogens is 3. The van der Waals surface area contributed by atoms with Gasteiger partial charge in [0, 0.05) is 23.1 Å². The molecule has 0 saturated carbocycles. The van der Waals surface area contributed by atoms with Crippen molar-refractivity contribution in [3.63, 3.8) is 0 Å². The van der Waals surface area contributed by atoms with Gasteiger partial charge in [-0.1, -0.05) is 29.2 Å². The monoisotopic (exact) mass is 323 g/mol. The summed E-state index contributed by atoms with van der Waals surface area (Å²) >= 11 is 0. The molecule has 2 aromatic rings. The second-order valence-corrected chi connectivity index (χ2v) is 7.39. The highest BCUT2D eigenvalue weighted by molar-refractivity contribution is 5.59. The molecule has 1 aromatic heterocycles. The topological polar surface area (TPSA) is 39.9 Å². The largest absolute Gasteiger partial charge is 0.376 e. The van der Waals surface area contributed by atoms with Crippen LogP contribution >= 0.6 is 0 Å². The zero-order valence-electron chi connectivity index (χ0n) is 14.7. The predicted molar refractivity (Wildman–Crippen MR) is 95.4 cm³/mol. The Hall–Kier alpha value is -2.12. The van der Waals surface area contributed by atoms with Crippen molar-refractivity contribution in [1.82, 2.24) is 15.0 Å². The molecule has 1 atom stereocenters. The first-order valence-electron chi connectivity index (χ1n) is 8.65. The van der Waals surface area contributed by atoms with Crippen molar-refractivity contribution in [2.75, 3.05) is 6.61 Å². The molecule has 1 aliphatic heterocycles. The molecule has 0 N–H and O–H groups in total. The number of benzene rings is 1. The van der Waals surface area contributed by atoms with E-state index in [0.29, 0.717) is 0 Å². The van der Waals surface area contributed by atoms with E-state index in [4.69, 9.17) is 4.74 Å². The van der Waals surface area contributed by atoms with Crippen LogP contribution in [-0.2, 0) is 11.3 Å². The van der Waals surface area contributed by atoms with Crippen molar-refractivity contribution in [1.29, 1.82) is 0 Å². The molecule has 4 nitrogen and oxygen atoms in total. The Kier molecular flexibility index (Phi) is 5.01. The van der Waals surface area contributed by atoms with E-state index < -0.39 is 0 Å². The Balaban J connectivity index is 1.67. The zero-order chi connectivity index (χ0) is 17.0. The first-order chi connectivity index (χ1) is 11.5. The minimum absolute atomic E-state index is 0.0164. The predicted octanol–water partition coefficient (Wildman–Crippen LogP) is 3.91. The van der Waals surface area contributed by atoms with Gasteiger partial charge in [-0.2, -0.15) is 0 Å². The number of hydrogen-bond acceptors (Lipinski definition) is 3. The van der Waals surface area contributed by atoms with E-state index in [1.54, 1.807) is 0 Å². The zero-order valence-corrected chi connectivity index (χ0v) is 14.7. The fraction of sp³-hybridized carbons (Fsp3) is 0.500. The Labute approximate surface area is 144 Å². The summed E-state index contributed by atoms with van der Waals surface area (Å²) in [7, 11) is 0. The molecule has 0 spiro atoms. The summed E-state index contributed by atoms with van der Waals surface area (Å²) < 4.78 is 7.65. The molecule has 1 unspecified atom stereocenters. The average molecular weight is 323 g/mol. The van der Waals surface area contributed by atoms with E-state index in [1.807, 2.05) is 23.0 Å². The maximum atomic E-state index is 5.76. The highest BCUT2D eigenvalue weighted by Crippen LogP contribution is 2.19. The van der Waals surface area contributed by atoms with E-state index in [9.17, 15) is 0 Å². The van der Waals surface area contributed by atoms with E-state index in [-0.39, 0.29) is 11.5 Å². The van der Waals surface area contributed by atoms with Gasteiger partial charge in [-0.3, -0.25) is 0 Å². The molecule has 1 aliphatic rings. The normalized spacial score (nSPS) is 18.0. The third kappa shape index (κ3) is 4.69. The second kappa shape index (κ2) is 7.19. The molecule has 24 heavy (non-hydrogen) atoms. The molecule has 1 aromatic carbocycles. The quantitative estimate of drug-likeness (QED) is 0.804. The standard InChI is InChI=1S/C20H25N3O/c1-20(2,3)12-11-16-7-9-17(10-8-16)19-15-23(22-21-19)14-18-6-4-5-13-24-18/h7-10,15,18H,4-6,13-14H2,1-3H3. The number of nitrogens with zero attached hydrogens (tertiary/aromatic N) is 3. The highest BCUT2D eigenvalue weighted by atomic mass is 16.5. The smallest absolute Gasteiger partial charge is 0.113 e. The molecular weight excluding hydrogens is 298 g/mol. The van der Waals surface area contributed by atoms with Crippen LogP contribution in [0.2, 0.25) is 0 Å². The Bertz CT molecular complexity index is 723. The lowest BCUT2D eigenvalue weighted by Gasteiger charge is -2.21. The first-order valence-corrected chi connectivity index (χ1v) is 8.65. The van der Waals surface area contributed by atoms with E-state index in [0.717, 1.165) is 36.4 Å². The summed E-state index contributed by atoms with van der Waals surface area (Å²) in [4.78, 5) is 0. The fourth-order valence-corrected chi connectivity index (χ4v) is 2.66. The van der Waals surface area contributed by atoms with Gasteiger partial charge < -0.3 is 4.74 Å². The van der Waals surface area contributed by atoms with Gasteiger partial charge in [0.2, 0.25) is 0 Å². The van der Waals surface area contributed by atoms with E-state index in [2.05, 4.69) is 55.1 Å². The summed E-state index contributed by atoms with van der Waals surface area (Å²) in [6, 6.07) is 8.19. The molecule has 0 bridgehead atoms. The summed E-state index contributed by atoms with van der Waals surface area (Å²) in [6.45, 7) is 7.99. The van der Waals surface area contributed by atoms with Crippen molar-refractivity contribution < 1.29 is 4.74 Å². The van der Waals surface area contributed by atoms with Gasteiger partial charge in [-0.15, -0.1) is 5.10 Å². The number of rotatable bonds is 3. The maximum Gasteiger partial charge on any atom is 0.113 e. The lowest BCUT2D eigenvalue weighted by molar-refractivity contribution is 0.00370. The van der Waals surface area contributed by atoms with Gasteiger partial charge in [0.05, 0.1) is 18.8 Å². The van der Waals surface area contributed by atoms with Gasteiger partial charge in [-0.05, 0) is 52.2 Å². The second-order valence-electron chi connectivity index (χ2n) is 7.39. The van der Waals surface area contributed by atoms with Crippen molar-refractivity contribution in [2.24, 2.45) is 5.41 Å². The first kappa shape index (κ1) is 16.7. The van der Waals surface area contributed by atoms with E-state index >= 15 is 0 Å². The van der Waals surface area contributed by atoms with Crippen LogP contribution in [0.3, 0.4) is 0 Å².